The normalized spacial score (nSPS) is 17.6. The van der Waals surface area contributed by atoms with Gasteiger partial charge in [0.2, 0.25) is 6.41 Å². The first kappa shape index (κ1) is 34.1. The van der Waals surface area contributed by atoms with Gasteiger partial charge in [-0.05, 0) is 25.2 Å². The van der Waals surface area contributed by atoms with Crippen LogP contribution >= 0.6 is 0 Å². The molecule has 0 aliphatic rings. The second-order valence-electron chi connectivity index (χ2n) is 10.1. The number of carbonyl (C=O) groups excluding carboxylic acids is 3. The van der Waals surface area contributed by atoms with Crippen LogP contribution in [-0.2, 0) is 33.3 Å². The average molecular weight is 514 g/mol. The van der Waals surface area contributed by atoms with Crippen molar-refractivity contribution in [3.8, 4) is 0 Å². The molecule has 0 saturated carbocycles. The molecule has 0 saturated heterocycles. The van der Waals surface area contributed by atoms with Gasteiger partial charge in [-0.3, -0.25) is 14.4 Å². The third kappa shape index (κ3) is 12.3. The highest BCUT2D eigenvalue weighted by atomic mass is 16.6. The Bertz CT molecular complexity index is 666. The average Bonchev–Trinajstić information content (AvgIpc) is 2.86. The van der Waals surface area contributed by atoms with Crippen LogP contribution < -0.4 is 0 Å². The summed E-state index contributed by atoms with van der Waals surface area (Å²) in [6, 6.07) is 0. The summed E-state index contributed by atoms with van der Waals surface area (Å²) in [5.74, 6) is -0.597. The lowest BCUT2D eigenvalue weighted by molar-refractivity contribution is -0.159. The highest BCUT2D eigenvalue weighted by Crippen LogP contribution is 2.29. The van der Waals surface area contributed by atoms with Crippen molar-refractivity contribution in [1.82, 2.24) is 4.90 Å². The molecule has 0 aromatic rings. The van der Waals surface area contributed by atoms with E-state index in [0.717, 1.165) is 19.3 Å². The Hall–Kier alpha value is -1.93. The molecule has 7 atom stereocenters. The number of carbonyl (C=O) groups is 3. The first-order valence-electron chi connectivity index (χ1n) is 13.3. The van der Waals surface area contributed by atoms with Crippen molar-refractivity contribution >= 4 is 18.3 Å². The predicted octanol–water partition coefficient (Wildman–Crippen LogP) is 5.00. The van der Waals surface area contributed by atoms with Gasteiger partial charge >= 0.3 is 11.9 Å². The molecule has 0 aromatic heterocycles. The minimum atomic E-state index is -0.343. The molecule has 1 amide bonds. The van der Waals surface area contributed by atoms with Crippen LogP contribution in [0, 0.1) is 23.7 Å². The molecule has 0 fully saturated rings. The maximum absolute atomic E-state index is 12.5. The number of rotatable bonds is 19. The van der Waals surface area contributed by atoms with E-state index in [1.54, 1.807) is 34.4 Å². The van der Waals surface area contributed by atoms with Gasteiger partial charge in [-0.1, -0.05) is 54.5 Å². The fraction of sp³-hybridized carbons (Fsp3) is 0.821. The molecule has 36 heavy (non-hydrogen) atoms. The minimum absolute atomic E-state index is 0.00429. The third-order valence-electron chi connectivity index (χ3n) is 6.81. The summed E-state index contributed by atoms with van der Waals surface area (Å²) < 4.78 is 23.1. The van der Waals surface area contributed by atoms with Crippen LogP contribution in [0.15, 0.2) is 12.3 Å². The summed E-state index contributed by atoms with van der Waals surface area (Å²) >= 11 is 0. The lowest BCUT2D eigenvalue weighted by Gasteiger charge is -2.34. The smallest absolute Gasteiger partial charge is 0.308 e. The summed E-state index contributed by atoms with van der Waals surface area (Å²) in [6.07, 6.45) is 6.67. The van der Waals surface area contributed by atoms with Crippen LogP contribution in [0.2, 0.25) is 0 Å². The van der Waals surface area contributed by atoms with Crippen molar-refractivity contribution in [1.29, 1.82) is 0 Å². The molecule has 0 radical (unpaired) electrons. The number of hydrogen-bond acceptors (Lipinski definition) is 7. The van der Waals surface area contributed by atoms with Gasteiger partial charge in [0.1, 0.15) is 12.2 Å². The molecule has 7 unspecified atom stereocenters. The first-order chi connectivity index (χ1) is 16.9. The van der Waals surface area contributed by atoms with E-state index in [4.69, 9.17) is 18.9 Å². The molecule has 0 aromatic carbocycles. The summed E-state index contributed by atoms with van der Waals surface area (Å²) in [6.45, 7) is 13.6. The van der Waals surface area contributed by atoms with Gasteiger partial charge in [-0.2, -0.15) is 0 Å². The molecular weight excluding hydrogens is 462 g/mol. The van der Waals surface area contributed by atoms with Gasteiger partial charge in [0.25, 0.3) is 0 Å². The van der Waals surface area contributed by atoms with Crippen molar-refractivity contribution < 1.29 is 33.3 Å². The van der Waals surface area contributed by atoms with Crippen molar-refractivity contribution in [2.75, 3.05) is 21.3 Å². The predicted molar refractivity (Wildman–Crippen MR) is 141 cm³/mol. The molecule has 0 rings (SSSR count). The van der Waals surface area contributed by atoms with Gasteiger partial charge < -0.3 is 23.8 Å². The Labute approximate surface area is 219 Å². The SMILES string of the molecule is CCC(=O)OC(CC)CC(OC)C(C)CCC(OC(=O)C(C)C)C(C)C(OC)C(C)C=CN(C)C=O. The van der Waals surface area contributed by atoms with Crippen LogP contribution in [0.5, 0.6) is 0 Å². The Morgan fingerprint density at radius 1 is 0.917 bits per heavy atom. The van der Waals surface area contributed by atoms with Crippen molar-refractivity contribution in [3.05, 3.63) is 12.3 Å². The Morgan fingerprint density at radius 3 is 2.03 bits per heavy atom. The van der Waals surface area contributed by atoms with E-state index in [1.165, 1.54) is 4.90 Å². The molecule has 0 aliphatic carbocycles. The number of ether oxygens (including phenoxy) is 4. The van der Waals surface area contributed by atoms with Gasteiger partial charge in [0.05, 0.1) is 18.1 Å². The van der Waals surface area contributed by atoms with Crippen LogP contribution in [-0.4, -0.2) is 68.9 Å². The molecule has 0 aliphatic heterocycles. The third-order valence-corrected chi connectivity index (χ3v) is 6.81. The van der Waals surface area contributed by atoms with Crippen molar-refractivity contribution in [2.45, 2.75) is 105 Å². The van der Waals surface area contributed by atoms with Crippen molar-refractivity contribution in [3.63, 3.8) is 0 Å². The number of esters is 2. The molecule has 0 heterocycles. The van der Waals surface area contributed by atoms with Crippen LogP contribution in [0.25, 0.3) is 0 Å². The zero-order valence-electron chi connectivity index (χ0n) is 24.2. The Kier molecular flexibility index (Phi) is 17.4. The molecular formula is C28H51NO7. The lowest BCUT2D eigenvalue weighted by Crippen LogP contribution is -2.39. The number of hydrogen-bond donors (Lipinski definition) is 0. The fourth-order valence-electron chi connectivity index (χ4n) is 4.25. The minimum Gasteiger partial charge on any atom is -0.462 e. The van der Waals surface area contributed by atoms with Crippen LogP contribution in [0.3, 0.4) is 0 Å². The summed E-state index contributed by atoms with van der Waals surface area (Å²) in [5, 5.41) is 0. The molecule has 0 N–H and O–H groups in total. The summed E-state index contributed by atoms with van der Waals surface area (Å²) in [5.41, 5.74) is 0. The Balaban J connectivity index is 5.51. The largest absolute Gasteiger partial charge is 0.462 e. The maximum atomic E-state index is 12.5. The van der Waals surface area contributed by atoms with Crippen LogP contribution in [0.4, 0.5) is 0 Å². The second-order valence-corrected chi connectivity index (χ2v) is 10.1. The zero-order valence-corrected chi connectivity index (χ0v) is 24.2. The quantitative estimate of drug-likeness (QED) is 0.177. The second kappa shape index (κ2) is 18.3. The molecule has 0 bridgehead atoms. The topological polar surface area (TPSA) is 91.4 Å². The van der Waals surface area contributed by atoms with E-state index in [1.807, 2.05) is 40.7 Å². The lowest BCUT2D eigenvalue weighted by atomic mass is 9.84. The van der Waals surface area contributed by atoms with E-state index in [-0.39, 0.29) is 60.0 Å². The molecule has 0 spiro atoms. The van der Waals surface area contributed by atoms with Crippen molar-refractivity contribution in [2.24, 2.45) is 23.7 Å². The highest BCUT2D eigenvalue weighted by Gasteiger charge is 2.33. The maximum Gasteiger partial charge on any atom is 0.308 e. The van der Waals surface area contributed by atoms with Gasteiger partial charge in [0.15, 0.2) is 0 Å². The standard InChI is InChI=1S/C28H51NO7/c1-11-23(35-26(31)12-2)17-25(33-9)20(5)13-14-24(36-28(32)19(3)4)22(7)27(34-10)21(6)15-16-29(8)18-30/h15-16,18-25,27H,11-14,17H2,1-10H3. The molecule has 210 valence electrons. The van der Waals surface area contributed by atoms with Gasteiger partial charge in [0, 0.05) is 52.1 Å². The van der Waals surface area contributed by atoms with Crippen LogP contribution in [0.1, 0.15) is 80.6 Å². The summed E-state index contributed by atoms with van der Waals surface area (Å²) in [7, 11) is 5.01. The summed E-state index contributed by atoms with van der Waals surface area (Å²) in [4.78, 5) is 36.7. The van der Waals surface area contributed by atoms with E-state index >= 15 is 0 Å². The highest BCUT2D eigenvalue weighted by molar-refractivity contribution is 5.71. The van der Waals surface area contributed by atoms with E-state index < -0.39 is 0 Å². The molecule has 8 nitrogen and oxygen atoms in total. The van der Waals surface area contributed by atoms with E-state index in [9.17, 15) is 14.4 Å². The van der Waals surface area contributed by atoms with Gasteiger partial charge in [-0.25, -0.2) is 0 Å². The zero-order chi connectivity index (χ0) is 27.8. The first-order valence-corrected chi connectivity index (χ1v) is 13.3. The Morgan fingerprint density at radius 2 is 1.56 bits per heavy atom. The monoisotopic (exact) mass is 513 g/mol. The molecule has 8 heteroatoms. The number of amides is 1. The van der Waals surface area contributed by atoms with E-state index in [0.29, 0.717) is 19.3 Å². The fourth-order valence-corrected chi connectivity index (χ4v) is 4.25. The number of methoxy groups -OCH3 is 2. The number of nitrogens with zero attached hydrogens (tertiary/aromatic N) is 1. The van der Waals surface area contributed by atoms with E-state index in [2.05, 4.69) is 6.92 Å². The van der Waals surface area contributed by atoms with Gasteiger partial charge in [-0.15, -0.1) is 0 Å².